The highest BCUT2D eigenvalue weighted by Gasteiger charge is 2.23. The Kier molecular flexibility index (Phi) is 44.8. The van der Waals surface area contributed by atoms with Gasteiger partial charge in [0.2, 0.25) is 5.91 Å². The fourth-order valence-electron chi connectivity index (χ4n) is 7.50. The van der Waals surface area contributed by atoms with Gasteiger partial charge in [0.1, 0.15) is 12.7 Å². The van der Waals surface area contributed by atoms with Crippen molar-refractivity contribution >= 4 is 19.7 Å². The zero-order valence-electron chi connectivity index (χ0n) is 38.3. The number of nitrogens with one attached hydrogen (secondary N) is 1. The molecule has 0 saturated heterocycles. The first-order valence-corrected chi connectivity index (χ1v) is 26.5. The molecular formula is C48H96NO8P. The van der Waals surface area contributed by atoms with E-state index in [0.29, 0.717) is 12.8 Å². The van der Waals surface area contributed by atoms with Gasteiger partial charge >= 0.3 is 13.8 Å². The monoisotopic (exact) mass is 846 g/mol. The van der Waals surface area contributed by atoms with Gasteiger partial charge in [-0.05, 0) is 12.8 Å². The molecule has 0 aromatic carbocycles. The molecule has 346 valence electrons. The lowest BCUT2D eigenvalue weighted by Crippen LogP contribution is -2.27. The van der Waals surface area contributed by atoms with E-state index >= 15 is 0 Å². The van der Waals surface area contributed by atoms with Gasteiger partial charge < -0.3 is 20.1 Å². The van der Waals surface area contributed by atoms with Gasteiger partial charge in [0, 0.05) is 19.4 Å². The van der Waals surface area contributed by atoms with Crippen LogP contribution < -0.4 is 5.32 Å². The predicted molar refractivity (Wildman–Crippen MR) is 243 cm³/mol. The zero-order valence-corrected chi connectivity index (χ0v) is 39.2. The van der Waals surface area contributed by atoms with Crippen molar-refractivity contribution in [2.75, 3.05) is 26.4 Å². The lowest BCUT2D eigenvalue weighted by atomic mass is 10.0. The third-order valence-corrected chi connectivity index (χ3v) is 12.3. The fourth-order valence-corrected chi connectivity index (χ4v) is 8.26. The van der Waals surface area contributed by atoms with Crippen LogP contribution in [0.4, 0.5) is 0 Å². The Bertz CT molecular complexity index is 922. The highest BCUT2D eigenvalue weighted by atomic mass is 31.2. The van der Waals surface area contributed by atoms with E-state index in [4.69, 9.17) is 13.8 Å². The van der Waals surface area contributed by atoms with Crippen molar-refractivity contribution in [2.45, 2.75) is 270 Å². The summed E-state index contributed by atoms with van der Waals surface area (Å²) in [6, 6.07) is 0. The molecule has 0 aromatic rings. The SMILES string of the molecule is CCCCCCCCCCCCCCCCCCCCCCCC(=O)OCC(O)COP(=O)(O)OCCNC(=O)CCCCCCCCCCCCCCCCCC. The number of hydrogen-bond donors (Lipinski definition) is 3. The molecule has 9 nitrogen and oxygen atoms in total. The van der Waals surface area contributed by atoms with Crippen LogP contribution in [0, 0.1) is 0 Å². The average molecular weight is 846 g/mol. The van der Waals surface area contributed by atoms with Crippen LogP contribution >= 0.6 is 7.82 Å². The van der Waals surface area contributed by atoms with Gasteiger partial charge in [-0.3, -0.25) is 18.6 Å². The van der Waals surface area contributed by atoms with E-state index in [-0.39, 0.29) is 25.7 Å². The van der Waals surface area contributed by atoms with Gasteiger partial charge in [-0.15, -0.1) is 0 Å². The van der Waals surface area contributed by atoms with Crippen LogP contribution in [0.5, 0.6) is 0 Å². The fraction of sp³-hybridized carbons (Fsp3) is 0.958. The summed E-state index contributed by atoms with van der Waals surface area (Å²) in [6.45, 7) is 3.62. The maximum Gasteiger partial charge on any atom is 0.472 e. The van der Waals surface area contributed by atoms with Crippen LogP contribution in [-0.4, -0.2) is 54.3 Å². The standard InChI is InChI=1S/C48H96NO8P/c1-3-5-7-9-11-13-15-17-19-21-22-23-24-25-27-29-31-33-35-37-39-41-48(52)55-44-46(50)45-57-58(53,54)56-43-42-49-47(51)40-38-36-34-32-30-28-26-20-18-16-14-12-10-8-6-4-2/h46,50H,3-45H2,1-2H3,(H,49,51)(H,53,54). The highest BCUT2D eigenvalue weighted by molar-refractivity contribution is 7.47. The van der Waals surface area contributed by atoms with Gasteiger partial charge in [-0.1, -0.05) is 239 Å². The minimum Gasteiger partial charge on any atom is -0.463 e. The Hall–Kier alpha value is -0.990. The Morgan fingerprint density at radius 2 is 0.776 bits per heavy atom. The second-order valence-electron chi connectivity index (χ2n) is 17.2. The minimum absolute atomic E-state index is 0.0886. The molecule has 0 bridgehead atoms. The molecule has 2 unspecified atom stereocenters. The molecule has 0 spiro atoms. The molecule has 0 aliphatic rings. The molecule has 0 heterocycles. The van der Waals surface area contributed by atoms with E-state index in [1.165, 1.54) is 199 Å². The number of ether oxygens (including phenoxy) is 1. The van der Waals surface area contributed by atoms with E-state index in [1.54, 1.807) is 0 Å². The van der Waals surface area contributed by atoms with Crippen LogP contribution in [0.25, 0.3) is 0 Å². The Morgan fingerprint density at radius 3 is 1.12 bits per heavy atom. The number of hydrogen-bond acceptors (Lipinski definition) is 7. The summed E-state index contributed by atoms with van der Waals surface area (Å²) in [5.74, 6) is -0.499. The first-order valence-electron chi connectivity index (χ1n) is 25.0. The number of rotatable bonds is 48. The number of carbonyl (C=O) groups excluding carboxylic acids is 2. The molecule has 3 N–H and O–H groups in total. The molecule has 58 heavy (non-hydrogen) atoms. The third-order valence-electron chi connectivity index (χ3n) is 11.3. The van der Waals surface area contributed by atoms with Crippen molar-refractivity contribution in [1.82, 2.24) is 5.32 Å². The summed E-state index contributed by atoms with van der Waals surface area (Å²) in [6.07, 6.45) is 47.5. The Morgan fingerprint density at radius 1 is 0.466 bits per heavy atom. The third kappa shape index (κ3) is 46.1. The Balaban J connectivity index is 3.50. The van der Waals surface area contributed by atoms with Crippen molar-refractivity contribution in [1.29, 1.82) is 0 Å². The summed E-state index contributed by atoms with van der Waals surface area (Å²) in [4.78, 5) is 34.0. The van der Waals surface area contributed by atoms with Crippen LogP contribution in [0.2, 0.25) is 0 Å². The number of amides is 1. The zero-order chi connectivity index (χ0) is 42.5. The van der Waals surface area contributed by atoms with Gasteiger partial charge in [-0.25, -0.2) is 4.57 Å². The van der Waals surface area contributed by atoms with E-state index in [2.05, 4.69) is 19.2 Å². The summed E-state index contributed by atoms with van der Waals surface area (Å²) in [7, 11) is -4.41. The summed E-state index contributed by atoms with van der Waals surface area (Å²) >= 11 is 0. The molecule has 0 fully saturated rings. The van der Waals surface area contributed by atoms with Gasteiger partial charge in [0.25, 0.3) is 0 Å². The number of phosphoric ester groups is 1. The maximum absolute atomic E-state index is 12.1. The van der Waals surface area contributed by atoms with Crippen molar-refractivity contribution in [3.05, 3.63) is 0 Å². The molecular weight excluding hydrogens is 750 g/mol. The minimum atomic E-state index is -4.41. The molecule has 0 aromatic heterocycles. The summed E-state index contributed by atoms with van der Waals surface area (Å²) in [5, 5.41) is 12.7. The topological polar surface area (TPSA) is 131 Å². The van der Waals surface area contributed by atoms with Crippen LogP contribution in [0.3, 0.4) is 0 Å². The van der Waals surface area contributed by atoms with Crippen molar-refractivity contribution in [3.63, 3.8) is 0 Å². The van der Waals surface area contributed by atoms with Gasteiger partial charge in [0.15, 0.2) is 0 Å². The molecule has 0 rings (SSSR count). The number of carbonyl (C=O) groups is 2. The molecule has 0 saturated carbocycles. The lowest BCUT2D eigenvalue weighted by Gasteiger charge is -2.15. The van der Waals surface area contributed by atoms with E-state index in [9.17, 15) is 24.2 Å². The second kappa shape index (κ2) is 45.5. The van der Waals surface area contributed by atoms with Crippen LogP contribution in [-0.2, 0) is 27.9 Å². The van der Waals surface area contributed by atoms with E-state index in [0.717, 1.165) is 38.5 Å². The largest absolute Gasteiger partial charge is 0.472 e. The first kappa shape index (κ1) is 57.0. The predicted octanol–water partition coefficient (Wildman–Crippen LogP) is 14.4. The van der Waals surface area contributed by atoms with Crippen molar-refractivity contribution < 1.29 is 37.9 Å². The van der Waals surface area contributed by atoms with E-state index < -0.39 is 26.5 Å². The van der Waals surface area contributed by atoms with Crippen LogP contribution in [0.1, 0.15) is 264 Å². The molecule has 0 aliphatic carbocycles. The van der Waals surface area contributed by atoms with E-state index in [1.807, 2.05) is 0 Å². The molecule has 0 radical (unpaired) electrons. The molecule has 1 amide bonds. The number of aliphatic hydroxyl groups is 1. The lowest BCUT2D eigenvalue weighted by molar-refractivity contribution is -0.147. The molecule has 2 atom stereocenters. The second-order valence-corrected chi connectivity index (χ2v) is 18.6. The normalized spacial score (nSPS) is 13.1. The number of esters is 1. The number of aliphatic hydroxyl groups excluding tert-OH is 1. The highest BCUT2D eigenvalue weighted by Crippen LogP contribution is 2.42. The smallest absolute Gasteiger partial charge is 0.463 e. The van der Waals surface area contributed by atoms with Crippen molar-refractivity contribution in [3.8, 4) is 0 Å². The molecule has 0 aliphatic heterocycles. The quantitative estimate of drug-likeness (QED) is 0.0313. The first-order chi connectivity index (χ1) is 28.3. The summed E-state index contributed by atoms with van der Waals surface area (Å²) in [5.41, 5.74) is 0. The maximum atomic E-state index is 12.1. The number of phosphoric acid groups is 1. The number of unbranched alkanes of at least 4 members (excludes halogenated alkanes) is 35. The molecule has 10 heteroatoms. The van der Waals surface area contributed by atoms with Gasteiger partial charge in [0.05, 0.1) is 13.2 Å². The van der Waals surface area contributed by atoms with Gasteiger partial charge in [-0.2, -0.15) is 0 Å². The van der Waals surface area contributed by atoms with Crippen LogP contribution in [0.15, 0.2) is 0 Å². The van der Waals surface area contributed by atoms with Crippen molar-refractivity contribution in [2.24, 2.45) is 0 Å². The summed E-state index contributed by atoms with van der Waals surface area (Å²) < 4.78 is 27.0. The Labute approximate surface area is 358 Å². The average Bonchev–Trinajstić information content (AvgIpc) is 3.21.